The van der Waals surface area contributed by atoms with Crippen molar-refractivity contribution in [2.24, 2.45) is 5.92 Å². The normalized spacial score (nSPS) is 19.2. The minimum atomic E-state index is -0.717. The van der Waals surface area contributed by atoms with Crippen molar-refractivity contribution < 1.29 is 9.90 Å². The zero-order valence-corrected chi connectivity index (χ0v) is 11.5. The standard InChI is InChI=1S/C13H15N3O2S/c1-8-4-10-12(14-7-15-13(10)19-8)16-3-2-9(6-16)5-11(17)18/h4,7,9H,2-3,5-6H2,1H3,(H,17,18). The molecule has 100 valence electrons. The number of nitrogens with zero attached hydrogens (tertiary/aromatic N) is 3. The van der Waals surface area contributed by atoms with Crippen LogP contribution in [0.1, 0.15) is 17.7 Å². The Hall–Kier alpha value is -1.69. The summed E-state index contributed by atoms with van der Waals surface area (Å²) in [5.74, 6) is 0.454. The van der Waals surface area contributed by atoms with Gasteiger partial charge >= 0.3 is 5.97 Å². The van der Waals surface area contributed by atoms with Crippen LogP contribution in [0, 0.1) is 12.8 Å². The summed E-state index contributed by atoms with van der Waals surface area (Å²) in [4.78, 5) is 23.9. The average Bonchev–Trinajstić information content (AvgIpc) is 2.92. The van der Waals surface area contributed by atoms with E-state index >= 15 is 0 Å². The highest BCUT2D eigenvalue weighted by Crippen LogP contribution is 2.32. The summed E-state index contributed by atoms with van der Waals surface area (Å²) < 4.78 is 0. The number of hydrogen-bond acceptors (Lipinski definition) is 5. The summed E-state index contributed by atoms with van der Waals surface area (Å²) in [7, 11) is 0. The molecule has 0 aromatic carbocycles. The second kappa shape index (κ2) is 4.77. The van der Waals surface area contributed by atoms with Gasteiger partial charge in [0.1, 0.15) is 17.0 Å². The predicted molar refractivity (Wildman–Crippen MR) is 74.7 cm³/mol. The van der Waals surface area contributed by atoms with Crippen LogP contribution < -0.4 is 4.90 Å². The molecule has 0 bridgehead atoms. The summed E-state index contributed by atoms with van der Waals surface area (Å²) >= 11 is 1.66. The first-order valence-corrected chi connectivity index (χ1v) is 7.13. The molecule has 1 N–H and O–H groups in total. The summed E-state index contributed by atoms with van der Waals surface area (Å²) in [6.07, 6.45) is 2.76. The Morgan fingerprint density at radius 2 is 2.42 bits per heavy atom. The fraction of sp³-hybridized carbons (Fsp3) is 0.462. The van der Waals surface area contributed by atoms with E-state index in [1.54, 1.807) is 17.7 Å². The highest BCUT2D eigenvalue weighted by atomic mass is 32.1. The van der Waals surface area contributed by atoms with E-state index in [1.807, 2.05) is 0 Å². The largest absolute Gasteiger partial charge is 0.481 e. The number of fused-ring (bicyclic) bond motifs is 1. The molecular weight excluding hydrogens is 262 g/mol. The van der Waals surface area contributed by atoms with E-state index in [4.69, 9.17) is 5.11 Å². The van der Waals surface area contributed by atoms with E-state index in [0.29, 0.717) is 0 Å². The van der Waals surface area contributed by atoms with Crippen molar-refractivity contribution in [2.45, 2.75) is 19.8 Å². The number of carboxylic acids is 1. The minimum absolute atomic E-state index is 0.224. The fourth-order valence-corrected chi connectivity index (χ4v) is 3.50. The second-order valence-corrected chi connectivity index (χ2v) is 6.21. The molecule has 1 fully saturated rings. The number of anilines is 1. The molecule has 5 nitrogen and oxygen atoms in total. The van der Waals surface area contributed by atoms with Crippen molar-refractivity contribution in [1.82, 2.24) is 9.97 Å². The Morgan fingerprint density at radius 1 is 1.58 bits per heavy atom. The fourth-order valence-electron chi connectivity index (χ4n) is 2.65. The van der Waals surface area contributed by atoms with Gasteiger partial charge in [-0.1, -0.05) is 0 Å². The summed E-state index contributed by atoms with van der Waals surface area (Å²) in [5.41, 5.74) is 0. The zero-order valence-electron chi connectivity index (χ0n) is 10.7. The van der Waals surface area contributed by atoms with Gasteiger partial charge in [0, 0.05) is 24.4 Å². The second-order valence-electron chi connectivity index (χ2n) is 4.97. The van der Waals surface area contributed by atoms with E-state index in [9.17, 15) is 4.79 Å². The third-order valence-electron chi connectivity index (χ3n) is 3.48. The van der Waals surface area contributed by atoms with Gasteiger partial charge < -0.3 is 10.0 Å². The Bertz CT molecular complexity index is 625. The van der Waals surface area contributed by atoms with Crippen molar-refractivity contribution >= 4 is 33.3 Å². The SMILES string of the molecule is Cc1cc2c(N3CCC(CC(=O)O)C3)ncnc2s1. The number of aromatic nitrogens is 2. The lowest BCUT2D eigenvalue weighted by Gasteiger charge is -2.17. The molecule has 0 amide bonds. The number of aryl methyl sites for hydroxylation is 1. The topological polar surface area (TPSA) is 66.3 Å². The number of carboxylic acid groups (broad SMARTS) is 1. The van der Waals surface area contributed by atoms with Crippen LogP contribution in [0.5, 0.6) is 0 Å². The first kappa shape index (κ1) is 12.3. The highest BCUT2D eigenvalue weighted by Gasteiger charge is 2.26. The van der Waals surface area contributed by atoms with Crippen LogP contribution in [-0.2, 0) is 4.79 Å². The number of thiophene rings is 1. The molecule has 1 atom stereocenters. The number of hydrogen-bond donors (Lipinski definition) is 1. The number of rotatable bonds is 3. The van der Waals surface area contributed by atoms with Gasteiger partial charge in [0.05, 0.1) is 5.39 Å². The maximum absolute atomic E-state index is 10.8. The van der Waals surface area contributed by atoms with Crippen molar-refractivity contribution in [1.29, 1.82) is 0 Å². The van der Waals surface area contributed by atoms with Crippen molar-refractivity contribution in [2.75, 3.05) is 18.0 Å². The van der Waals surface area contributed by atoms with Gasteiger partial charge in [-0.25, -0.2) is 9.97 Å². The molecule has 0 spiro atoms. The van der Waals surface area contributed by atoms with Crippen LogP contribution in [0.15, 0.2) is 12.4 Å². The van der Waals surface area contributed by atoms with E-state index in [0.717, 1.165) is 35.5 Å². The minimum Gasteiger partial charge on any atom is -0.481 e. The van der Waals surface area contributed by atoms with Gasteiger partial charge in [0.15, 0.2) is 0 Å². The molecule has 1 saturated heterocycles. The zero-order chi connectivity index (χ0) is 13.4. The predicted octanol–water partition coefficient (Wildman–Crippen LogP) is 2.30. The Morgan fingerprint density at radius 3 is 3.21 bits per heavy atom. The first-order valence-electron chi connectivity index (χ1n) is 6.31. The molecule has 6 heteroatoms. The van der Waals surface area contributed by atoms with Crippen molar-refractivity contribution in [3.63, 3.8) is 0 Å². The molecule has 2 aromatic heterocycles. The Balaban J connectivity index is 1.87. The van der Waals surface area contributed by atoms with Crippen LogP contribution in [-0.4, -0.2) is 34.1 Å². The van der Waals surface area contributed by atoms with E-state index in [1.165, 1.54) is 4.88 Å². The maximum Gasteiger partial charge on any atom is 0.303 e. The molecule has 1 aliphatic heterocycles. The summed E-state index contributed by atoms with van der Waals surface area (Å²) in [5, 5.41) is 9.95. The van der Waals surface area contributed by atoms with Crippen LogP contribution in [0.3, 0.4) is 0 Å². The molecule has 2 aromatic rings. The van der Waals surface area contributed by atoms with Gasteiger partial charge in [-0.15, -0.1) is 11.3 Å². The molecule has 0 radical (unpaired) electrons. The van der Waals surface area contributed by atoms with E-state index in [-0.39, 0.29) is 12.3 Å². The van der Waals surface area contributed by atoms with Gasteiger partial charge in [-0.2, -0.15) is 0 Å². The molecule has 0 saturated carbocycles. The third kappa shape index (κ3) is 2.40. The molecule has 0 aliphatic carbocycles. The summed E-state index contributed by atoms with van der Waals surface area (Å²) in [6, 6.07) is 2.11. The molecule has 3 heterocycles. The Labute approximate surface area is 114 Å². The first-order chi connectivity index (χ1) is 9.13. The van der Waals surface area contributed by atoms with Gasteiger partial charge in [-0.3, -0.25) is 4.79 Å². The van der Waals surface area contributed by atoms with Crippen LogP contribution in [0.25, 0.3) is 10.2 Å². The molecule has 3 rings (SSSR count). The van der Waals surface area contributed by atoms with Gasteiger partial charge in [0.25, 0.3) is 0 Å². The molecule has 1 unspecified atom stereocenters. The number of aliphatic carboxylic acids is 1. The third-order valence-corrected chi connectivity index (χ3v) is 4.44. The van der Waals surface area contributed by atoms with Crippen LogP contribution in [0.2, 0.25) is 0 Å². The lowest BCUT2D eigenvalue weighted by Crippen LogP contribution is -2.21. The maximum atomic E-state index is 10.8. The monoisotopic (exact) mass is 277 g/mol. The Kier molecular flexibility index (Phi) is 3.10. The average molecular weight is 277 g/mol. The molecule has 19 heavy (non-hydrogen) atoms. The van der Waals surface area contributed by atoms with E-state index in [2.05, 4.69) is 27.9 Å². The smallest absolute Gasteiger partial charge is 0.303 e. The van der Waals surface area contributed by atoms with Crippen molar-refractivity contribution in [3.8, 4) is 0 Å². The van der Waals surface area contributed by atoms with Gasteiger partial charge in [0.2, 0.25) is 0 Å². The lowest BCUT2D eigenvalue weighted by atomic mass is 10.1. The molecule has 1 aliphatic rings. The summed E-state index contributed by atoms with van der Waals surface area (Å²) in [6.45, 7) is 3.71. The number of carbonyl (C=O) groups is 1. The van der Waals surface area contributed by atoms with Crippen LogP contribution in [0.4, 0.5) is 5.82 Å². The lowest BCUT2D eigenvalue weighted by molar-refractivity contribution is -0.137. The quantitative estimate of drug-likeness (QED) is 0.932. The molecular formula is C13H15N3O2S. The van der Waals surface area contributed by atoms with E-state index < -0.39 is 5.97 Å². The highest BCUT2D eigenvalue weighted by molar-refractivity contribution is 7.18. The van der Waals surface area contributed by atoms with Gasteiger partial charge in [-0.05, 0) is 25.3 Å². The van der Waals surface area contributed by atoms with Crippen LogP contribution >= 0.6 is 11.3 Å². The van der Waals surface area contributed by atoms with Crippen molar-refractivity contribution in [3.05, 3.63) is 17.3 Å².